The molecule has 0 fully saturated rings. The van der Waals surface area contributed by atoms with Crippen LogP contribution in [0.25, 0.3) is 22.4 Å². The third kappa shape index (κ3) is 3.40. The van der Waals surface area contributed by atoms with Gasteiger partial charge in [0, 0.05) is 10.0 Å². The van der Waals surface area contributed by atoms with Gasteiger partial charge in [-0.05, 0) is 42.0 Å². The molecule has 0 bridgehead atoms. The van der Waals surface area contributed by atoms with E-state index in [1.54, 1.807) is 0 Å². The van der Waals surface area contributed by atoms with Crippen molar-refractivity contribution in [3.05, 3.63) is 76.8 Å². The molecule has 4 N–H and O–H groups in total. The summed E-state index contributed by atoms with van der Waals surface area (Å²) in [5.74, 6) is 1.49. The van der Waals surface area contributed by atoms with Crippen LogP contribution < -0.4 is 11.2 Å². The van der Waals surface area contributed by atoms with Crippen molar-refractivity contribution in [2.45, 2.75) is 6.42 Å². The molecule has 6 nitrogen and oxygen atoms in total. The van der Waals surface area contributed by atoms with Crippen molar-refractivity contribution in [1.29, 1.82) is 0 Å². The number of nitrogens with zero attached hydrogens (tertiary/aromatic N) is 3. The van der Waals surface area contributed by atoms with Crippen molar-refractivity contribution in [3.63, 3.8) is 0 Å². The lowest BCUT2D eigenvalue weighted by atomic mass is 10.1. The Labute approximate surface area is 175 Å². The number of nitrogen functional groups attached to an aromatic ring is 1. The molecule has 5 rings (SSSR count). The van der Waals surface area contributed by atoms with Crippen molar-refractivity contribution in [2.24, 2.45) is 10.1 Å². The van der Waals surface area contributed by atoms with Crippen molar-refractivity contribution < 1.29 is 0 Å². The molecule has 0 aliphatic carbocycles. The molecule has 0 unspecified atom stereocenters. The molecule has 0 radical (unpaired) electrons. The maximum Gasteiger partial charge on any atom is 0.140 e. The van der Waals surface area contributed by atoms with Crippen LogP contribution in [0.5, 0.6) is 0 Å². The van der Waals surface area contributed by atoms with E-state index >= 15 is 0 Å². The summed E-state index contributed by atoms with van der Waals surface area (Å²) in [6, 6.07) is 21.8. The highest BCUT2D eigenvalue weighted by Crippen LogP contribution is 2.33. The molecule has 3 aromatic carbocycles. The van der Waals surface area contributed by atoms with Gasteiger partial charge in [0.25, 0.3) is 0 Å². The highest BCUT2D eigenvalue weighted by Gasteiger charge is 2.17. The number of halogens is 1. The van der Waals surface area contributed by atoms with Gasteiger partial charge in [-0.2, -0.15) is 5.10 Å². The molecule has 0 saturated heterocycles. The fourth-order valence-corrected chi connectivity index (χ4v) is 3.59. The lowest BCUT2D eigenvalue weighted by Crippen LogP contribution is -2.10. The molecular weight excluding hydrogens is 428 g/mol. The first-order valence-electron chi connectivity index (χ1n) is 9.17. The van der Waals surface area contributed by atoms with Gasteiger partial charge < -0.3 is 10.7 Å². The van der Waals surface area contributed by atoms with E-state index in [0.717, 1.165) is 44.0 Å². The lowest BCUT2D eigenvalue weighted by Gasteiger charge is -2.07. The molecule has 29 heavy (non-hydrogen) atoms. The number of rotatable bonds is 3. The number of anilines is 1. The molecule has 2 heterocycles. The first-order valence-corrected chi connectivity index (χ1v) is 9.96. The first-order chi connectivity index (χ1) is 14.2. The van der Waals surface area contributed by atoms with E-state index in [2.05, 4.69) is 36.4 Å². The van der Waals surface area contributed by atoms with Gasteiger partial charge in [0.15, 0.2) is 0 Å². The van der Waals surface area contributed by atoms with Crippen LogP contribution in [0.1, 0.15) is 12.0 Å². The van der Waals surface area contributed by atoms with Crippen LogP contribution >= 0.6 is 15.9 Å². The SMILES string of the molecule is Nc1c(N=C2CC(c3ccc(Br)cc3)=NN2)cccc1-c1nc2ccccc2[nH]1. The Balaban J connectivity index is 1.44. The second-order valence-electron chi connectivity index (χ2n) is 6.75. The third-order valence-electron chi connectivity index (χ3n) is 4.82. The van der Waals surface area contributed by atoms with Gasteiger partial charge in [-0.3, -0.25) is 5.43 Å². The second kappa shape index (κ2) is 7.18. The number of hydrogen-bond acceptors (Lipinski definition) is 4. The van der Waals surface area contributed by atoms with Crippen LogP contribution in [0, 0.1) is 0 Å². The smallest absolute Gasteiger partial charge is 0.140 e. The number of hydrazone groups is 1. The molecule has 1 aliphatic heterocycles. The highest BCUT2D eigenvalue weighted by atomic mass is 79.9. The second-order valence-corrected chi connectivity index (χ2v) is 7.67. The van der Waals surface area contributed by atoms with Crippen LogP contribution in [0.2, 0.25) is 0 Å². The number of nitrogens with two attached hydrogens (primary N) is 1. The number of H-pyrrole nitrogens is 1. The summed E-state index contributed by atoms with van der Waals surface area (Å²) >= 11 is 3.45. The van der Waals surface area contributed by atoms with Gasteiger partial charge in [0.1, 0.15) is 11.7 Å². The van der Waals surface area contributed by atoms with Gasteiger partial charge in [-0.25, -0.2) is 9.98 Å². The summed E-state index contributed by atoms with van der Waals surface area (Å²) in [7, 11) is 0. The summed E-state index contributed by atoms with van der Waals surface area (Å²) in [6.45, 7) is 0. The number of imidazole rings is 1. The number of para-hydroxylation sites is 3. The van der Waals surface area contributed by atoms with E-state index in [-0.39, 0.29) is 0 Å². The van der Waals surface area contributed by atoms with Gasteiger partial charge in [0.2, 0.25) is 0 Å². The number of aromatic nitrogens is 2. The van der Waals surface area contributed by atoms with Gasteiger partial charge in [0.05, 0.1) is 34.5 Å². The van der Waals surface area contributed by atoms with Crippen molar-refractivity contribution in [3.8, 4) is 11.4 Å². The minimum atomic E-state index is 0.581. The zero-order valence-corrected chi connectivity index (χ0v) is 16.9. The minimum Gasteiger partial charge on any atom is -0.396 e. The predicted octanol–water partition coefficient (Wildman–Crippen LogP) is 5.00. The Hall–Kier alpha value is -3.45. The Bertz CT molecular complexity index is 1240. The molecule has 0 amide bonds. The Morgan fingerprint density at radius 3 is 2.62 bits per heavy atom. The van der Waals surface area contributed by atoms with E-state index < -0.39 is 0 Å². The molecule has 1 aliphatic rings. The van der Waals surface area contributed by atoms with Gasteiger partial charge in [-0.15, -0.1) is 0 Å². The van der Waals surface area contributed by atoms with E-state index in [1.165, 1.54) is 0 Å². The van der Waals surface area contributed by atoms with Gasteiger partial charge in [-0.1, -0.05) is 46.3 Å². The molecule has 0 saturated carbocycles. The number of amidine groups is 1. The summed E-state index contributed by atoms with van der Waals surface area (Å²) < 4.78 is 1.04. The molecular formula is C22H17BrN6. The maximum absolute atomic E-state index is 6.44. The first kappa shape index (κ1) is 17.6. The summed E-state index contributed by atoms with van der Waals surface area (Å²) in [4.78, 5) is 12.7. The predicted molar refractivity (Wildman–Crippen MR) is 121 cm³/mol. The molecule has 7 heteroatoms. The summed E-state index contributed by atoms with van der Waals surface area (Å²) in [5.41, 5.74) is 15.5. The van der Waals surface area contributed by atoms with Crippen LogP contribution in [0.4, 0.5) is 11.4 Å². The lowest BCUT2D eigenvalue weighted by molar-refractivity contribution is 1.05. The van der Waals surface area contributed by atoms with E-state index in [9.17, 15) is 0 Å². The van der Waals surface area contributed by atoms with Crippen LogP contribution in [0.3, 0.4) is 0 Å². The number of aliphatic imine (C=N–C) groups is 1. The normalized spacial score (nSPS) is 14.9. The quantitative estimate of drug-likeness (QED) is 0.388. The zero-order valence-electron chi connectivity index (χ0n) is 15.4. The average molecular weight is 445 g/mol. The van der Waals surface area contributed by atoms with Crippen LogP contribution in [-0.4, -0.2) is 21.5 Å². The van der Waals surface area contributed by atoms with Crippen molar-refractivity contribution in [1.82, 2.24) is 15.4 Å². The highest BCUT2D eigenvalue weighted by molar-refractivity contribution is 9.10. The Morgan fingerprint density at radius 1 is 0.966 bits per heavy atom. The molecule has 1 aromatic heterocycles. The average Bonchev–Trinajstić information content (AvgIpc) is 3.37. The van der Waals surface area contributed by atoms with Crippen LogP contribution in [0.15, 0.2) is 81.3 Å². The number of aromatic amines is 1. The summed E-state index contributed by atoms with van der Waals surface area (Å²) in [5, 5.41) is 4.41. The maximum atomic E-state index is 6.44. The number of fused-ring (bicyclic) bond motifs is 1. The number of nitrogens with one attached hydrogen (secondary N) is 2. The topological polar surface area (TPSA) is 91.4 Å². The third-order valence-corrected chi connectivity index (χ3v) is 5.34. The Morgan fingerprint density at radius 2 is 1.79 bits per heavy atom. The minimum absolute atomic E-state index is 0.581. The van der Waals surface area contributed by atoms with E-state index in [0.29, 0.717) is 17.8 Å². The van der Waals surface area contributed by atoms with Crippen LogP contribution in [-0.2, 0) is 0 Å². The number of benzene rings is 3. The van der Waals surface area contributed by atoms with E-state index in [4.69, 9.17) is 10.7 Å². The van der Waals surface area contributed by atoms with Gasteiger partial charge >= 0.3 is 0 Å². The standard InChI is InChI=1S/C22H17BrN6/c23-14-10-8-13(9-11-14)19-12-20(29-28-19)25-18-7-3-4-15(21(18)24)22-26-16-5-1-2-6-17(16)27-22/h1-11H,12,24H2,(H,25,29)(H,26,27). The Kier molecular flexibility index (Phi) is 4.37. The monoisotopic (exact) mass is 444 g/mol. The van der Waals surface area contributed by atoms with Crippen molar-refractivity contribution in [2.75, 3.05) is 5.73 Å². The fourth-order valence-electron chi connectivity index (χ4n) is 3.33. The molecule has 142 valence electrons. The molecule has 0 atom stereocenters. The fraction of sp³-hybridized carbons (Fsp3) is 0.0455. The largest absolute Gasteiger partial charge is 0.396 e. The molecule has 4 aromatic rings. The summed E-state index contributed by atoms with van der Waals surface area (Å²) in [6.07, 6.45) is 0.621. The van der Waals surface area contributed by atoms with E-state index in [1.807, 2.05) is 66.7 Å². The molecule has 0 spiro atoms. The van der Waals surface area contributed by atoms with Crippen molar-refractivity contribution >= 4 is 49.9 Å². The number of hydrogen-bond donors (Lipinski definition) is 3. The zero-order chi connectivity index (χ0) is 19.8.